The van der Waals surface area contributed by atoms with Gasteiger partial charge in [-0.2, -0.15) is 10.4 Å². The minimum Gasteiger partial charge on any atom is -0.463 e. The summed E-state index contributed by atoms with van der Waals surface area (Å²) in [6.07, 6.45) is 4.70. The number of hydrogen-bond donors (Lipinski definition) is 3. The highest BCUT2D eigenvalue weighted by molar-refractivity contribution is 5.93. The number of hydrogen-bond acceptors (Lipinski definition) is 9. The summed E-state index contributed by atoms with van der Waals surface area (Å²) in [5.74, 6) is -0.0246. The van der Waals surface area contributed by atoms with Crippen LogP contribution < -0.4 is 5.32 Å². The van der Waals surface area contributed by atoms with Gasteiger partial charge in [-0.3, -0.25) is 9.59 Å². The molecule has 2 aromatic rings. The maximum Gasteiger partial charge on any atom is 0.306 e. The zero-order valence-corrected chi connectivity index (χ0v) is 20.4. The Balaban J connectivity index is 1.50. The number of unbranched alkanes of at least 4 members (excludes halogenated alkanes) is 1. The quantitative estimate of drug-likeness (QED) is 0.440. The summed E-state index contributed by atoms with van der Waals surface area (Å²) in [4.78, 5) is 28.7. The highest BCUT2D eigenvalue weighted by Gasteiger charge is 2.57. The van der Waals surface area contributed by atoms with E-state index in [0.29, 0.717) is 24.3 Å². The second-order valence-electron chi connectivity index (χ2n) is 9.61. The number of fused-ring (bicyclic) bond motifs is 1. The molecule has 1 amide bonds. The monoisotopic (exact) mass is 499 g/mol. The van der Waals surface area contributed by atoms with Gasteiger partial charge in [0.1, 0.15) is 42.8 Å². The molecule has 0 bridgehead atoms. The molecule has 0 spiro atoms. The summed E-state index contributed by atoms with van der Waals surface area (Å²) in [6, 6.07) is 5.11. The molecule has 1 aliphatic carbocycles. The van der Waals surface area contributed by atoms with Crippen molar-refractivity contribution in [2.45, 2.75) is 88.6 Å². The van der Waals surface area contributed by atoms with E-state index in [1.54, 1.807) is 6.07 Å². The van der Waals surface area contributed by atoms with Crippen molar-refractivity contribution in [3.8, 4) is 6.07 Å². The molecule has 194 valence electrons. The molecule has 2 aliphatic rings. The molecule has 0 radical (unpaired) electrons. The minimum absolute atomic E-state index is 0.161. The van der Waals surface area contributed by atoms with Gasteiger partial charge in [-0.1, -0.05) is 32.6 Å². The van der Waals surface area contributed by atoms with Crippen molar-refractivity contribution in [3.05, 3.63) is 24.2 Å². The molecule has 36 heavy (non-hydrogen) atoms. The fourth-order valence-electron chi connectivity index (χ4n) is 5.02. The first-order valence-corrected chi connectivity index (χ1v) is 12.6. The van der Waals surface area contributed by atoms with Crippen molar-refractivity contribution in [1.82, 2.24) is 14.6 Å². The number of carbonyl (C=O) groups excluding carboxylic acids is 2. The lowest BCUT2D eigenvalue weighted by Crippen LogP contribution is -2.41. The van der Waals surface area contributed by atoms with Gasteiger partial charge in [0.2, 0.25) is 11.5 Å². The van der Waals surface area contributed by atoms with Gasteiger partial charge < -0.3 is 25.0 Å². The van der Waals surface area contributed by atoms with Crippen LogP contribution in [0.2, 0.25) is 0 Å². The number of aliphatic hydroxyl groups excluding tert-OH is 2. The molecule has 0 aromatic carbocycles. The first-order chi connectivity index (χ1) is 17.4. The van der Waals surface area contributed by atoms with E-state index >= 15 is 0 Å². The predicted molar refractivity (Wildman–Crippen MR) is 127 cm³/mol. The van der Waals surface area contributed by atoms with Crippen LogP contribution in [0.1, 0.15) is 70.4 Å². The van der Waals surface area contributed by atoms with E-state index < -0.39 is 23.9 Å². The van der Waals surface area contributed by atoms with E-state index in [1.807, 2.05) is 13.0 Å². The number of nitriles is 1. The second-order valence-corrected chi connectivity index (χ2v) is 9.61. The molecule has 11 nitrogen and oxygen atoms in total. The number of nitrogens with zero attached hydrogens (tertiary/aromatic N) is 4. The molecule has 1 saturated carbocycles. The van der Waals surface area contributed by atoms with Gasteiger partial charge in [0, 0.05) is 12.8 Å². The summed E-state index contributed by atoms with van der Waals surface area (Å²) in [7, 11) is 0. The lowest BCUT2D eigenvalue weighted by atomic mass is 9.87. The Morgan fingerprint density at radius 3 is 2.81 bits per heavy atom. The van der Waals surface area contributed by atoms with Gasteiger partial charge in [0.25, 0.3) is 0 Å². The van der Waals surface area contributed by atoms with E-state index in [2.05, 4.69) is 15.4 Å². The summed E-state index contributed by atoms with van der Waals surface area (Å²) >= 11 is 0. The van der Waals surface area contributed by atoms with Crippen LogP contribution in [0.4, 0.5) is 5.82 Å². The Kier molecular flexibility index (Phi) is 8.18. The van der Waals surface area contributed by atoms with Crippen molar-refractivity contribution in [2.24, 2.45) is 5.92 Å². The second kappa shape index (κ2) is 11.3. The highest BCUT2D eigenvalue weighted by Crippen LogP contribution is 2.40. The number of rotatable bonds is 9. The SMILES string of the molecule is CCCCC(=O)Nc1ncnn2c([C@]3(C#N)O[C@H](COC(=O)CC4CCCCC4)[C@@H](O)[C@H]3O)ccc12. The van der Waals surface area contributed by atoms with E-state index in [-0.39, 0.29) is 30.0 Å². The van der Waals surface area contributed by atoms with Crippen LogP contribution in [-0.4, -0.2) is 61.6 Å². The molecule has 4 atom stereocenters. The number of ether oxygens (including phenoxy) is 2. The number of esters is 1. The van der Waals surface area contributed by atoms with Gasteiger partial charge in [0.15, 0.2) is 5.82 Å². The van der Waals surface area contributed by atoms with E-state index in [0.717, 1.165) is 38.5 Å². The summed E-state index contributed by atoms with van der Waals surface area (Å²) in [5, 5.41) is 38.6. The third-order valence-electron chi connectivity index (χ3n) is 7.06. The van der Waals surface area contributed by atoms with Crippen LogP contribution in [0.25, 0.3) is 5.52 Å². The fraction of sp³-hybridized carbons (Fsp3) is 0.640. The lowest BCUT2D eigenvalue weighted by Gasteiger charge is -2.24. The molecule has 2 fully saturated rings. The number of carbonyl (C=O) groups is 2. The summed E-state index contributed by atoms with van der Waals surface area (Å²) in [6.45, 7) is 1.70. The zero-order valence-electron chi connectivity index (χ0n) is 20.4. The standard InChI is InChI=1S/C25H33N5O6/c1-2-3-9-20(31)29-24-17-10-11-19(30(17)28-15-27-24)25(14-26)23(34)22(33)18(36-25)13-35-21(32)12-16-7-5-4-6-8-16/h10-11,15-16,18,22-23,33-34H,2-9,12-13H2,1H3,(H,27,28,29,31)/t18-,22-,23-,25+/m1/s1. The molecule has 2 aromatic heterocycles. The number of nitrogens with one attached hydrogen (secondary N) is 1. The Morgan fingerprint density at radius 2 is 2.08 bits per heavy atom. The lowest BCUT2D eigenvalue weighted by molar-refractivity contribution is -0.152. The Labute approximate surface area is 209 Å². The number of aromatic nitrogens is 3. The van der Waals surface area contributed by atoms with Gasteiger partial charge in [-0.15, -0.1) is 0 Å². The van der Waals surface area contributed by atoms with Crippen LogP contribution in [0.3, 0.4) is 0 Å². The van der Waals surface area contributed by atoms with Crippen molar-refractivity contribution < 1.29 is 29.3 Å². The maximum absolute atomic E-state index is 12.3. The average molecular weight is 500 g/mol. The minimum atomic E-state index is -1.97. The number of amides is 1. The Hall–Kier alpha value is -3.07. The number of aliphatic hydroxyl groups is 2. The highest BCUT2D eigenvalue weighted by atomic mass is 16.6. The van der Waals surface area contributed by atoms with E-state index in [1.165, 1.54) is 23.3 Å². The normalized spacial score (nSPS) is 26.6. The predicted octanol–water partition coefficient (Wildman–Crippen LogP) is 2.21. The molecular weight excluding hydrogens is 466 g/mol. The van der Waals surface area contributed by atoms with E-state index in [9.17, 15) is 25.1 Å². The first kappa shape index (κ1) is 26.0. The van der Waals surface area contributed by atoms with Gasteiger partial charge in [0.05, 0.1) is 5.69 Å². The third kappa shape index (κ3) is 5.21. The smallest absolute Gasteiger partial charge is 0.306 e. The first-order valence-electron chi connectivity index (χ1n) is 12.6. The summed E-state index contributed by atoms with van der Waals surface area (Å²) < 4.78 is 12.6. The third-order valence-corrected chi connectivity index (χ3v) is 7.06. The average Bonchev–Trinajstić information content (AvgIpc) is 3.43. The zero-order chi connectivity index (χ0) is 25.7. The van der Waals surface area contributed by atoms with E-state index in [4.69, 9.17) is 9.47 Å². The number of anilines is 1. The molecule has 1 aliphatic heterocycles. The maximum atomic E-state index is 12.3. The van der Waals surface area contributed by atoms with Crippen molar-refractivity contribution in [3.63, 3.8) is 0 Å². The topological polar surface area (TPSA) is 159 Å². The molecule has 3 N–H and O–H groups in total. The van der Waals surface area contributed by atoms with Gasteiger partial charge >= 0.3 is 5.97 Å². The molecular formula is C25H33N5O6. The van der Waals surface area contributed by atoms with Crippen LogP contribution in [0.15, 0.2) is 18.5 Å². The van der Waals surface area contributed by atoms with Crippen molar-refractivity contribution >= 4 is 23.2 Å². The molecule has 3 heterocycles. The molecule has 0 unspecified atom stereocenters. The van der Waals surface area contributed by atoms with Crippen LogP contribution in [0, 0.1) is 17.2 Å². The van der Waals surface area contributed by atoms with Crippen LogP contribution in [-0.2, 0) is 24.7 Å². The van der Waals surface area contributed by atoms with Gasteiger partial charge in [-0.25, -0.2) is 9.50 Å². The van der Waals surface area contributed by atoms with Crippen molar-refractivity contribution in [2.75, 3.05) is 11.9 Å². The van der Waals surface area contributed by atoms with Crippen LogP contribution >= 0.6 is 0 Å². The molecule has 1 saturated heterocycles. The summed E-state index contributed by atoms with van der Waals surface area (Å²) in [5.41, 5.74) is -1.40. The largest absolute Gasteiger partial charge is 0.463 e. The van der Waals surface area contributed by atoms with Crippen LogP contribution in [0.5, 0.6) is 0 Å². The molecule has 4 rings (SSSR count). The fourth-order valence-corrected chi connectivity index (χ4v) is 5.02. The Bertz CT molecular complexity index is 1120. The van der Waals surface area contributed by atoms with Gasteiger partial charge in [-0.05, 0) is 37.3 Å². The molecule has 11 heteroatoms. The van der Waals surface area contributed by atoms with Crippen molar-refractivity contribution in [1.29, 1.82) is 5.26 Å². The Morgan fingerprint density at radius 1 is 1.31 bits per heavy atom.